The van der Waals surface area contributed by atoms with Gasteiger partial charge in [-0.05, 0) is 77.4 Å². The van der Waals surface area contributed by atoms with Crippen LogP contribution < -0.4 is 11.1 Å². The van der Waals surface area contributed by atoms with E-state index in [0.717, 1.165) is 23.7 Å². The van der Waals surface area contributed by atoms with Gasteiger partial charge in [-0.2, -0.15) is 0 Å². The standard InChI is InChI=1S/C29H28BrN7O3/c30-23-2-1-3-24(34-23)35-29(40)21-12-17-11-20(17)37(21)25(39)13-36-19-8-7-16(22(38)9-6-15-4-5-15)10-18(19)26-27(31)32-14-33-28(26)36/h1-3,7-8,10,14-15,17,20-21H,4-6,9,11-13H2,(H2,31,32,33)(H,34,35,40)/t17-,20-,21+/m1/s1. The van der Waals surface area contributed by atoms with E-state index in [2.05, 4.69) is 36.2 Å². The zero-order valence-electron chi connectivity index (χ0n) is 21.7. The fourth-order valence-electron chi connectivity index (χ4n) is 6.11. The van der Waals surface area contributed by atoms with Crippen LogP contribution in [0, 0.1) is 11.8 Å². The van der Waals surface area contributed by atoms with Crippen molar-refractivity contribution in [3.05, 3.63) is 52.9 Å². The first-order valence-corrected chi connectivity index (χ1v) is 14.5. The molecule has 3 aromatic heterocycles. The summed E-state index contributed by atoms with van der Waals surface area (Å²) in [4.78, 5) is 54.7. The van der Waals surface area contributed by atoms with E-state index < -0.39 is 6.04 Å². The summed E-state index contributed by atoms with van der Waals surface area (Å²) in [6, 6.07) is 10.3. The molecule has 3 fully saturated rings. The Morgan fingerprint density at radius 2 is 1.95 bits per heavy atom. The van der Waals surface area contributed by atoms with Crippen LogP contribution in [0.5, 0.6) is 0 Å². The number of pyridine rings is 1. The minimum atomic E-state index is -0.569. The maximum Gasteiger partial charge on any atom is 0.248 e. The summed E-state index contributed by atoms with van der Waals surface area (Å²) in [6.45, 7) is -0.00639. The van der Waals surface area contributed by atoms with Crippen molar-refractivity contribution in [3.8, 4) is 0 Å². The molecule has 1 aromatic carbocycles. The maximum atomic E-state index is 13.8. The molecule has 0 radical (unpaired) electrons. The van der Waals surface area contributed by atoms with E-state index in [1.54, 1.807) is 23.1 Å². The predicted octanol–water partition coefficient (Wildman–Crippen LogP) is 4.33. The van der Waals surface area contributed by atoms with Gasteiger partial charge in [0.15, 0.2) is 5.78 Å². The zero-order chi connectivity index (χ0) is 27.5. The number of anilines is 2. The van der Waals surface area contributed by atoms with E-state index in [1.165, 1.54) is 19.2 Å². The summed E-state index contributed by atoms with van der Waals surface area (Å²) in [6.07, 6.45) is 6.78. The predicted molar refractivity (Wildman–Crippen MR) is 153 cm³/mol. The van der Waals surface area contributed by atoms with Crippen LogP contribution in [0.2, 0.25) is 0 Å². The first kappa shape index (κ1) is 25.1. The number of nitrogens with one attached hydrogen (secondary N) is 1. The van der Waals surface area contributed by atoms with Crippen molar-refractivity contribution < 1.29 is 14.4 Å². The smallest absolute Gasteiger partial charge is 0.248 e. The molecule has 11 heteroatoms. The molecule has 1 saturated heterocycles. The first-order valence-electron chi connectivity index (χ1n) is 13.7. The van der Waals surface area contributed by atoms with E-state index in [4.69, 9.17) is 5.73 Å². The Bertz CT molecular complexity index is 1700. The van der Waals surface area contributed by atoms with Gasteiger partial charge in [0, 0.05) is 23.4 Å². The van der Waals surface area contributed by atoms with Crippen molar-refractivity contribution in [2.75, 3.05) is 11.1 Å². The number of nitrogens with zero attached hydrogens (tertiary/aromatic N) is 5. The third-order valence-electron chi connectivity index (χ3n) is 8.42. The molecule has 10 nitrogen and oxygen atoms in total. The molecule has 204 valence electrons. The highest BCUT2D eigenvalue weighted by Gasteiger charge is 2.56. The number of piperidine rings is 1. The Hall–Kier alpha value is -3.86. The Labute approximate surface area is 238 Å². The molecule has 7 rings (SSSR count). The van der Waals surface area contributed by atoms with Gasteiger partial charge in [0.05, 0.1) is 10.9 Å². The molecule has 0 unspecified atom stereocenters. The van der Waals surface area contributed by atoms with Crippen LogP contribution in [0.25, 0.3) is 21.9 Å². The highest BCUT2D eigenvalue weighted by molar-refractivity contribution is 9.10. The lowest BCUT2D eigenvalue weighted by Gasteiger charge is -2.27. The van der Waals surface area contributed by atoms with Gasteiger partial charge in [0.2, 0.25) is 11.8 Å². The average Bonchev–Trinajstić information content (AvgIpc) is 3.86. The highest BCUT2D eigenvalue weighted by atomic mass is 79.9. The summed E-state index contributed by atoms with van der Waals surface area (Å²) in [5.41, 5.74) is 8.20. The second kappa shape index (κ2) is 9.65. The average molecular weight is 602 g/mol. The van der Waals surface area contributed by atoms with Crippen LogP contribution in [0.3, 0.4) is 0 Å². The first-order chi connectivity index (χ1) is 19.4. The Balaban J connectivity index is 1.18. The molecule has 4 aromatic rings. The van der Waals surface area contributed by atoms with Gasteiger partial charge in [-0.3, -0.25) is 14.4 Å². The number of rotatable bonds is 8. The summed E-state index contributed by atoms with van der Waals surface area (Å²) < 4.78 is 2.44. The number of nitrogen functional groups attached to an aromatic ring is 1. The number of likely N-dealkylation sites (tertiary alicyclic amines) is 1. The number of hydrogen-bond acceptors (Lipinski definition) is 7. The number of hydrogen-bond donors (Lipinski definition) is 2. The number of carbonyl (C=O) groups excluding carboxylic acids is 3. The van der Waals surface area contributed by atoms with Gasteiger partial charge in [-0.25, -0.2) is 15.0 Å². The van der Waals surface area contributed by atoms with Gasteiger partial charge in [0.25, 0.3) is 0 Å². The number of aromatic nitrogens is 4. The van der Waals surface area contributed by atoms with Gasteiger partial charge in [-0.15, -0.1) is 0 Å². The zero-order valence-corrected chi connectivity index (χ0v) is 23.3. The molecule has 3 N–H and O–H groups in total. The third-order valence-corrected chi connectivity index (χ3v) is 8.86. The Kier molecular flexibility index (Phi) is 6.06. The van der Waals surface area contributed by atoms with Crippen molar-refractivity contribution in [2.24, 2.45) is 11.8 Å². The van der Waals surface area contributed by atoms with Crippen molar-refractivity contribution in [1.82, 2.24) is 24.4 Å². The molecule has 4 heterocycles. The quantitative estimate of drug-likeness (QED) is 0.226. The van der Waals surface area contributed by atoms with E-state index in [9.17, 15) is 14.4 Å². The number of nitrogens with two attached hydrogens (primary N) is 1. The van der Waals surface area contributed by atoms with E-state index in [-0.39, 0.29) is 30.2 Å². The lowest BCUT2D eigenvalue weighted by atomic mass is 10.0. The topological polar surface area (TPSA) is 136 Å². The minimum absolute atomic E-state index is 0.00639. The van der Waals surface area contributed by atoms with Crippen LogP contribution in [0.15, 0.2) is 47.3 Å². The summed E-state index contributed by atoms with van der Waals surface area (Å²) in [7, 11) is 0. The normalized spacial score (nSPS) is 21.5. The fraction of sp³-hybridized carbons (Fsp3) is 0.379. The molecular weight excluding hydrogens is 574 g/mol. The number of carbonyl (C=O) groups is 3. The largest absolute Gasteiger partial charge is 0.383 e. The number of halogens is 1. The number of fused-ring (bicyclic) bond motifs is 4. The maximum absolute atomic E-state index is 13.8. The minimum Gasteiger partial charge on any atom is -0.383 e. The summed E-state index contributed by atoms with van der Waals surface area (Å²) in [5.74, 6) is 1.44. The van der Waals surface area contributed by atoms with E-state index in [1.807, 2.05) is 22.8 Å². The van der Waals surface area contributed by atoms with Gasteiger partial charge in [0.1, 0.15) is 40.8 Å². The Morgan fingerprint density at radius 1 is 1.10 bits per heavy atom. The summed E-state index contributed by atoms with van der Waals surface area (Å²) >= 11 is 3.33. The molecule has 3 atom stereocenters. The molecule has 3 aliphatic rings. The molecule has 2 amide bonds. The monoisotopic (exact) mass is 601 g/mol. The second-order valence-electron chi connectivity index (χ2n) is 11.1. The molecule has 0 bridgehead atoms. The van der Waals surface area contributed by atoms with Crippen molar-refractivity contribution in [1.29, 1.82) is 0 Å². The van der Waals surface area contributed by atoms with Gasteiger partial charge in [-0.1, -0.05) is 18.9 Å². The van der Waals surface area contributed by atoms with Crippen LogP contribution in [0.1, 0.15) is 48.9 Å². The fourth-order valence-corrected chi connectivity index (χ4v) is 6.45. The van der Waals surface area contributed by atoms with Crippen LogP contribution in [-0.2, 0) is 16.1 Å². The van der Waals surface area contributed by atoms with E-state index in [0.29, 0.717) is 57.5 Å². The number of amides is 2. The SMILES string of the molecule is Nc1ncnc2c1c1cc(C(=O)CCC3CC3)ccc1n2CC(=O)N1[C@@H]2C[C@@H]2C[C@H]1C(=O)Nc1cccc(Br)n1. The molecule has 2 saturated carbocycles. The number of benzene rings is 1. The molecule has 40 heavy (non-hydrogen) atoms. The van der Waals surface area contributed by atoms with Crippen molar-refractivity contribution >= 4 is 67.1 Å². The Morgan fingerprint density at radius 3 is 2.75 bits per heavy atom. The molecule has 1 aliphatic heterocycles. The van der Waals surface area contributed by atoms with Crippen molar-refractivity contribution in [2.45, 2.75) is 57.2 Å². The molecular formula is C29H28BrN7O3. The van der Waals surface area contributed by atoms with Crippen LogP contribution in [0.4, 0.5) is 11.6 Å². The summed E-state index contributed by atoms with van der Waals surface area (Å²) in [5, 5.41) is 4.24. The lowest BCUT2D eigenvalue weighted by Crippen LogP contribution is -2.46. The lowest BCUT2D eigenvalue weighted by molar-refractivity contribution is -0.138. The third kappa shape index (κ3) is 4.51. The highest BCUT2D eigenvalue weighted by Crippen LogP contribution is 2.48. The number of ketones is 1. The number of Topliss-reactive ketones (excluding diaryl/α,β-unsaturated/α-hetero) is 1. The van der Waals surface area contributed by atoms with Crippen molar-refractivity contribution in [3.63, 3.8) is 0 Å². The molecule has 2 aliphatic carbocycles. The molecule has 0 spiro atoms. The van der Waals surface area contributed by atoms with Crippen LogP contribution >= 0.6 is 15.9 Å². The van der Waals surface area contributed by atoms with Gasteiger partial charge < -0.3 is 20.5 Å². The second-order valence-corrected chi connectivity index (χ2v) is 11.9. The van der Waals surface area contributed by atoms with Gasteiger partial charge >= 0.3 is 0 Å². The van der Waals surface area contributed by atoms with E-state index >= 15 is 0 Å². The van der Waals surface area contributed by atoms with Crippen LogP contribution in [-0.4, -0.2) is 54.1 Å².